The Balaban J connectivity index is 2.31. The van der Waals surface area contributed by atoms with Gasteiger partial charge in [0.2, 0.25) is 0 Å². The van der Waals surface area contributed by atoms with E-state index in [1.807, 2.05) is 27.7 Å². The highest BCUT2D eigenvalue weighted by atomic mass is 16.5. The van der Waals surface area contributed by atoms with Crippen molar-refractivity contribution in [3.8, 4) is 0 Å². The van der Waals surface area contributed by atoms with E-state index in [-0.39, 0.29) is 47.3 Å². The van der Waals surface area contributed by atoms with E-state index in [1.165, 1.54) is 0 Å². The zero-order chi connectivity index (χ0) is 14.4. The van der Waals surface area contributed by atoms with Gasteiger partial charge in [-0.05, 0) is 32.6 Å². The first kappa shape index (κ1) is 14.3. The molecule has 0 unspecified atom stereocenters. The summed E-state index contributed by atoms with van der Waals surface area (Å²) in [5.74, 6) is -0.504. The number of allylic oxidation sites excluding steroid dienone is 1. The molecule has 1 spiro atoms. The van der Waals surface area contributed by atoms with Crippen LogP contribution in [0, 0.1) is 5.92 Å². The third kappa shape index (κ3) is 2.46. The third-order valence-electron chi connectivity index (χ3n) is 3.87. The van der Waals surface area contributed by atoms with Crippen LogP contribution in [0.15, 0.2) is 11.3 Å². The number of carbonyl (C=O) groups excluding carboxylic acids is 2. The molecule has 1 saturated heterocycles. The minimum atomic E-state index is -0.942. The summed E-state index contributed by atoms with van der Waals surface area (Å²) in [6.45, 7) is 7.71. The van der Waals surface area contributed by atoms with E-state index >= 15 is 0 Å². The first-order valence-corrected chi connectivity index (χ1v) is 6.87. The molecule has 0 aromatic carbocycles. The number of aliphatic hydroxyl groups is 1. The lowest BCUT2D eigenvalue weighted by Gasteiger charge is -2.27. The molecule has 1 heterocycles. The molecule has 0 aromatic heterocycles. The Labute approximate surface area is 113 Å². The fourth-order valence-corrected chi connectivity index (χ4v) is 2.98. The van der Waals surface area contributed by atoms with Crippen LogP contribution in [0.25, 0.3) is 0 Å². The van der Waals surface area contributed by atoms with Gasteiger partial charge in [0, 0.05) is 12.8 Å². The number of carbonyl (C=O) groups is 2. The van der Waals surface area contributed by atoms with Crippen LogP contribution in [0.1, 0.15) is 53.4 Å². The molecule has 106 valence electrons. The molecule has 1 N–H and O–H groups in total. The SMILES string of the molecule is CC(C)CC(=O)C1=C(O)[C@]2(CCC(C)(C)O2)CC1=O. The summed E-state index contributed by atoms with van der Waals surface area (Å²) < 4.78 is 5.88. The molecule has 2 aliphatic rings. The molecule has 0 radical (unpaired) electrons. The molecule has 19 heavy (non-hydrogen) atoms. The normalized spacial score (nSPS) is 29.8. The standard InChI is InChI=1S/C15H22O4/c1-9(2)7-10(16)12-11(17)8-15(13(12)18)6-5-14(3,4)19-15/h9,18H,5-8H2,1-4H3/t15-/m0/s1. The van der Waals surface area contributed by atoms with Gasteiger partial charge in [0.15, 0.2) is 11.6 Å². The molecule has 0 amide bonds. The van der Waals surface area contributed by atoms with Crippen molar-refractivity contribution < 1.29 is 19.4 Å². The second kappa shape index (κ2) is 4.44. The fourth-order valence-electron chi connectivity index (χ4n) is 2.98. The quantitative estimate of drug-likeness (QED) is 0.798. The summed E-state index contributed by atoms with van der Waals surface area (Å²) >= 11 is 0. The molecule has 1 aliphatic carbocycles. The van der Waals surface area contributed by atoms with Crippen LogP contribution in [0.3, 0.4) is 0 Å². The molecule has 1 fully saturated rings. The molecule has 1 aliphatic heterocycles. The Morgan fingerprint density at radius 3 is 2.47 bits per heavy atom. The summed E-state index contributed by atoms with van der Waals surface area (Å²) in [6.07, 6.45) is 1.75. The van der Waals surface area contributed by atoms with E-state index < -0.39 is 5.60 Å². The topological polar surface area (TPSA) is 63.6 Å². The molecule has 0 bridgehead atoms. The van der Waals surface area contributed by atoms with Gasteiger partial charge in [-0.15, -0.1) is 0 Å². The predicted octanol–water partition coefficient (Wildman–Crippen LogP) is 2.71. The molecule has 4 nitrogen and oxygen atoms in total. The summed E-state index contributed by atoms with van der Waals surface area (Å²) in [5, 5.41) is 10.3. The molecular formula is C15H22O4. The van der Waals surface area contributed by atoms with E-state index in [1.54, 1.807) is 0 Å². The zero-order valence-corrected chi connectivity index (χ0v) is 12.1. The number of aliphatic hydroxyl groups excluding tert-OH is 1. The van der Waals surface area contributed by atoms with Crippen LogP contribution >= 0.6 is 0 Å². The van der Waals surface area contributed by atoms with Gasteiger partial charge < -0.3 is 9.84 Å². The van der Waals surface area contributed by atoms with Crippen LogP contribution in [0.4, 0.5) is 0 Å². The van der Waals surface area contributed by atoms with Crippen LogP contribution in [-0.2, 0) is 14.3 Å². The molecule has 4 heteroatoms. The summed E-state index contributed by atoms with van der Waals surface area (Å²) in [7, 11) is 0. The highest BCUT2D eigenvalue weighted by molar-refractivity contribution is 6.22. The molecular weight excluding hydrogens is 244 g/mol. The largest absolute Gasteiger partial charge is 0.508 e. The maximum Gasteiger partial charge on any atom is 0.173 e. The Bertz CT molecular complexity index is 459. The molecule has 0 saturated carbocycles. The Kier molecular flexibility index (Phi) is 3.33. The third-order valence-corrected chi connectivity index (χ3v) is 3.87. The molecule has 1 atom stereocenters. The van der Waals surface area contributed by atoms with Crippen LogP contribution in [0.2, 0.25) is 0 Å². The highest BCUT2D eigenvalue weighted by Gasteiger charge is 2.55. The van der Waals surface area contributed by atoms with Gasteiger partial charge in [-0.2, -0.15) is 0 Å². The van der Waals surface area contributed by atoms with E-state index in [2.05, 4.69) is 0 Å². The second-order valence-electron chi connectivity index (χ2n) is 6.70. The minimum Gasteiger partial charge on any atom is -0.508 e. The van der Waals surface area contributed by atoms with Gasteiger partial charge in [-0.25, -0.2) is 0 Å². The van der Waals surface area contributed by atoms with Gasteiger partial charge in [0.05, 0.1) is 5.60 Å². The zero-order valence-electron chi connectivity index (χ0n) is 12.1. The summed E-state index contributed by atoms with van der Waals surface area (Å²) in [5.41, 5.74) is -1.32. The number of hydrogen-bond donors (Lipinski definition) is 1. The number of ether oxygens (including phenoxy) is 1. The van der Waals surface area contributed by atoms with E-state index in [9.17, 15) is 14.7 Å². The van der Waals surface area contributed by atoms with Crippen molar-refractivity contribution >= 4 is 11.6 Å². The smallest absolute Gasteiger partial charge is 0.173 e. The minimum absolute atomic E-state index is 0.0219. The van der Waals surface area contributed by atoms with Crippen molar-refractivity contribution in [3.05, 3.63) is 11.3 Å². The number of rotatable bonds is 3. The molecule has 2 rings (SSSR count). The van der Waals surface area contributed by atoms with Crippen LogP contribution in [-0.4, -0.2) is 27.9 Å². The predicted molar refractivity (Wildman–Crippen MR) is 70.9 cm³/mol. The summed E-state index contributed by atoms with van der Waals surface area (Å²) in [4.78, 5) is 24.1. The lowest BCUT2D eigenvalue weighted by molar-refractivity contribution is -0.124. The lowest BCUT2D eigenvalue weighted by atomic mass is 9.95. The van der Waals surface area contributed by atoms with Crippen molar-refractivity contribution in [2.24, 2.45) is 5.92 Å². The van der Waals surface area contributed by atoms with Gasteiger partial charge in [-0.1, -0.05) is 13.8 Å². The van der Waals surface area contributed by atoms with E-state index in [4.69, 9.17) is 4.74 Å². The first-order chi connectivity index (χ1) is 8.67. The van der Waals surface area contributed by atoms with Gasteiger partial charge in [0.1, 0.15) is 16.9 Å². The first-order valence-electron chi connectivity index (χ1n) is 6.87. The van der Waals surface area contributed by atoms with Crippen molar-refractivity contribution in [1.82, 2.24) is 0 Å². The van der Waals surface area contributed by atoms with Crippen molar-refractivity contribution in [2.45, 2.75) is 64.6 Å². The highest BCUT2D eigenvalue weighted by Crippen LogP contribution is 2.48. The van der Waals surface area contributed by atoms with E-state index in [0.29, 0.717) is 6.42 Å². The maximum atomic E-state index is 12.1. The monoisotopic (exact) mass is 266 g/mol. The van der Waals surface area contributed by atoms with Crippen molar-refractivity contribution in [3.63, 3.8) is 0 Å². The van der Waals surface area contributed by atoms with Gasteiger partial charge in [-0.3, -0.25) is 9.59 Å². The number of hydrogen-bond acceptors (Lipinski definition) is 4. The van der Waals surface area contributed by atoms with Crippen molar-refractivity contribution in [2.75, 3.05) is 0 Å². The Morgan fingerprint density at radius 2 is 2.00 bits per heavy atom. The van der Waals surface area contributed by atoms with Gasteiger partial charge in [0.25, 0.3) is 0 Å². The number of ketones is 2. The maximum absolute atomic E-state index is 12.1. The van der Waals surface area contributed by atoms with Crippen molar-refractivity contribution in [1.29, 1.82) is 0 Å². The van der Waals surface area contributed by atoms with Crippen LogP contribution in [0.5, 0.6) is 0 Å². The fraction of sp³-hybridized carbons (Fsp3) is 0.733. The van der Waals surface area contributed by atoms with Gasteiger partial charge >= 0.3 is 0 Å². The van der Waals surface area contributed by atoms with E-state index in [0.717, 1.165) is 6.42 Å². The average Bonchev–Trinajstić information content (AvgIpc) is 2.65. The second-order valence-corrected chi connectivity index (χ2v) is 6.70. The average molecular weight is 266 g/mol. The number of Topliss-reactive ketones (excluding diaryl/α,β-unsaturated/α-hetero) is 2. The Morgan fingerprint density at radius 1 is 1.37 bits per heavy atom. The molecule has 0 aromatic rings. The Hall–Kier alpha value is -1.16. The summed E-state index contributed by atoms with van der Waals surface area (Å²) in [6, 6.07) is 0. The van der Waals surface area contributed by atoms with Crippen LogP contribution < -0.4 is 0 Å². The lowest BCUT2D eigenvalue weighted by Crippen LogP contribution is -2.32.